The number of para-hydroxylation sites is 2. The third-order valence-electron chi connectivity index (χ3n) is 4.67. The summed E-state index contributed by atoms with van der Waals surface area (Å²) in [5.41, 5.74) is 5.63. The number of aromatic nitrogens is 4. The van der Waals surface area contributed by atoms with Gasteiger partial charge in [0.25, 0.3) is 0 Å². The van der Waals surface area contributed by atoms with Crippen LogP contribution in [0.5, 0.6) is 0 Å². The summed E-state index contributed by atoms with van der Waals surface area (Å²) in [6, 6.07) is 21.3. The largest absolute Gasteiger partial charge is 0.275 e. The molecule has 0 aliphatic heterocycles. The van der Waals surface area contributed by atoms with Gasteiger partial charge in [-0.25, -0.2) is 15.0 Å². The number of aryl methyl sites for hydroxylation is 1. The first-order valence-corrected chi connectivity index (χ1v) is 9.53. The summed E-state index contributed by atoms with van der Waals surface area (Å²) in [6.45, 7) is 1.98. The van der Waals surface area contributed by atoms with Crippen molar-refractivity contribution in [3.63, 3.8) is 0 Å². The predicted molar refractivity (Wildman–Crippen MR) is 114 cm³/mol. The third kappa shape index (κ3) is 2.82. The Labute approximate surface area is 171 Å². The van der Waals surface area contributed by atoms with Crippen molar-refractivity contribution in [1.29, 1.82) is 0 Å². The molecule has 0 fully saturated rings. The van der Waals surface area contributed by atoms with Crippen LogP contribution < -0.4 is 0 Å². The Morgan fingerprint density at radius 2 is 1.57 bits per heavy atom. The van der Waals surface area contributed by atoms with Crippen LogP contribution in [0.2, 0.25) is 10.0 Å². The molecule has 0 saturated carbocycles. The molecular weight excluding hydrogens is 391 g/mol. The van der Waals surface area contributed by atoms with Gasteiger partial charge in [-0.1, -0.05) is 53.5 Å². The summed E-state index contributed by atoms with van der Waals surface area (Å²) in [5.74, 6) is 0.715. The lowest BCUT2D eigenvalue weighted by Crippen LogP contribution is -1.99. The van der Waals surface area contributed by atoms with E-state index in [9.17, 15) is 0 Å². The maximum Gasteiger partial charge on any atom is 0.199 e. The number of nitrogens with zero attached hydrogens (tertiary/aromatic N) is 4. The maximum atomic E-state index is 6.41. The molecule has 0 spiro atoms. The number of fused-ring (bicyclic) bond motifs is 2. The van der Waals surface area contributed by atoms with Gasteiger partial charge in [-0.3, -0.25) is 4.57 Å². The van der Waals surface area contributed by atoms with Crippen molar-refractivity contribution in [3.05, 3.63) is 82.3 Å². The zero-order valence-electron chi connectivity index (χ0n) is 14.9. The predicted octanol–water partition coefficient (Wildman–Crippen LogP) is 6.25. The second-order valence-corrected chi connectivity index (χ2v) is 7.42. The second-order valence-electron chi connectivity index (χ2n) is 6.57. The molecule has 136 valence electrons. The van der Waals surface area contributed by atoms with E-state index >= 15 is 0 Å². The average Bonchev–Trinajstić information content (AvgIpc) is 3.06. The van der Waals surface area contributed by atoms with E-state index in [1.807, 2.05) is 78.2 Å². The van der Waals surface area contributed by atoms with Gasteiger partial charge < -0.3 is 0 Å². The molecule has 5 rings (SSSR count). The molecule has 0 bridgehead atoms. The number of hydrogen-bond acceptors (Lipinski definition) is 3. The molecule has 0 N–H and O–H groups in total. The van der Waals surface area contributed by atoms with Gasteiger partial charge in [0.15, 0.2) is 11.3 Å². The molecule has 5 aromatic rings. The molecule has 0 radical (unpaired) electrons. The maximum absolute atomic E-state index is 6.41. The smallest absolute Gasteiger partial charge is 0.199 e. The van der Waals surface area contributed by atoms with Crippen LogP contribution >= 0.6 is 23.2 Å². The zero-order valence-corrected chi connectivity index (χ0v) is 16.4. The highest BCUT2D eigenvalue weighted by atomic mass is 35.5. The average molecular weight is 405 g/mol. The topological polar surface area (TPSA) is 43.6 Å². The summed E-state index contributed by atoms with van der Waals surface area (Å²) in [7, 11) is 0. The van der Waals surface area contributed by atoms with Gasteiger partial charge in [-0.2, -0.15) is 0 Å². The summed E-state index contributed by atoms with van der Waals surface area (Å²) in [4.78, 5) is 14.3. The number of hydrogen-bond donors (Lipinski definition) is 0. The lowest BCUT2D eigenvalue weighted by atomic mass is 10.2. The fraction of sp³-hybridized carbons (Fsp3) is 0.0455. The lowest BCUT2D eigenvalue weighted by Gasteiger charge is -2.10. The Kier molecular flexibility index (Phi) is 4.04. The number of benzene rings is 3. The van der Waals surface area contributed by atoms with Crippen LogP contribution in [0.25, 0.3) is 39.4 Å². The third-order valence-corrected chi connectivity index (χ3v) is 5.31. The van der Waals surface area contributed by atoms with Crippen molar-refractivity contribution >= 4 is 45.5 Å². The molecule has 0 saturated heterocycles. The van der Waals surface area contributed by atoms with Crippen molar-refractivity contribution in [2.75, 3.05) is 0 Å². The first kappa shape index (κ1) is 17.2. The van der Waals surface area contributed by atoms with E-state index in [1.54, 1.807) is 0 Å². The molecule has 6 heteroatoms. The van der Waals surface area contributed by atoms with Gasteiger partial charge in [-0.05, 0) is 48.9 Å². The van der Waals surface area contributed by atoms with E-state index in [0.717, 1.165) is 27.8 Å². The molecule has 3 aromatic carbocycles. The SMILES string of the molecule is Cc1ccc(-n2c(-c3cccc(Cl)c3)nc3nc4ccccc4nc32)cc1Cl. The van der Waals surface area contributed by atoms with Gasteiger partial charge in [0.2, 0.25) is 0 Å². The Hall–Kier alpha value is -2.95. The van der Waals surface area contributed by atoms with Crippen LogP contribution in [0, 0.1) is 6.92 Å². The number of rotatable bonds is 2. The summed E-state index contributed by atoms with van der Waals surface area (Å²) in [5, 5.41) is 1.33. The molecule has 0 unspecified atom stereocenters. The van der Waals surface area contributed by atoms with Crippen molar-refractivity contribution in [1.82, 2.24) is 19.5 Å². The second kappa shape index (κ2) is 6.59. The van der Waals surface area contributed by atoms with Gasteiger partial charge in [0.05, 0.1) is 16.7 Å². The normalized spacial score (nSPS) is 11.4. The van der Waals surface area contributed by atoms with Gasteiger partial charge in [-0.15, -0.1) is 0 Å². The van der Waals surface area contributed by atoms with Crippen LogP contribution in [-0.2, 0) is 0 Å². The van der Waals surface area contributed by atoms with E-state index < -0.39 is 0 Å². The summed E-state index contributed by atoms with van der Waals surface area (Å²) < 4.78 is 1.98. The van der Waals surface area contributed by atoms with Gasteiger partial charge >= 0.3 is 0 Å². The quantitative estimate of drug-likeness (QED) is 0.349. The molecule has 0 aliphatic carbocycles. The minimum atomic E-state index is 0.574. The highest BCUT2D eigenvalue weighted by Crippen LogP contribution is 2.31. The van der Waals surface area contributed by atoms with Crippen LogP contribution in [0.4, 0.5) is 0 Å². The Balaban J connectivity index is 1.89. The fourth-order valence-electron chi connectivity index (χ4n) is 3.24. The van der Waals surface area contributed by atoms with Crippen LogP contribution in [0.15, 0.2) is 66.7 Å². The van der Waals surface area contributed by atoms with E-state index in [4.69, 9.17) is 38.2 Å². The van der Waals surface area contributed by atoms with Gasteiger partial charge in [0, 0.05) is 15.6 Å². The van der Waals surface area contributed by atoms with Crippen molar-refractivity contribution in [2.24, 2.45) is 0 Å². The highest BCUT2D eigenvalue weighted by molar-refractivity contribution is 6.31. The first-order chi connectivity index (χ1) is 13.6. The number of halogens is 2. The molecule has 0 amide bonds. The Morgan fingerprint density at radius 3 is 2.32 bits per heavy atom. The van der Waals surface area contributed by atoms with Crippen LogP contribution in [0.1, 0.15) is 5.56 Å². The first-order valence-electron chi connectivity index (χ1n) is 8.78. The minimum Gasteiger partial charge on any atom is -0.275 e. The van der Waals surface area contributed by atoms with E-state index in [1.165, 1.54) is 0 Å². The van der Waals surface area contributed by atoms with Crippen molar-refractivity contribution in [2.45, 2.75) is 6.92 Å². The van der Waals surface area contributed by atoms with Crippen molar-refractivity contribution in [3.8, 4) is 17.1 Å². The van der Waals surface area contributed by atoms with Crippen LogP contribution in [-0.4, -0.2) is 19.5 Å². The van der Waals surface area contributed by atoms with Gasteiger partial charge in [0.1, 0.15) is 5.82 Å². The van der Waals surface area contributed by atoms with Crippen molar-refractivity contribution < 1.29 is 0 Å². The highest BCUT2D eigenvalue weighted by Gasteiger charge is 2.18. The standard InChI is InChI=1S/C22H14Cl2N4/c1-13-9-10-16(12-17(13)24)28-21(14-5-4-6-15(23)11-14)27-20-22(28)26-19-8-3-2-7-18(19)25-20/h2-12H,1H3. The van der Waals surface area contributed by atoms with E-state index in [2.05, 4.69) is 0 Å². The molecule has 4 nitrogen and oxygen atoms in total. The fourth-order valence-corrected chi connectivity index (χ4v) is 3.61. The van der Waals surface area contributed by atoms with E-state index in [0.29, 0.717) is 27.2 Å². The molecular formula is C22H14Cl2N4. The molecule has 2 heterocycles. The molecule has 0 aliphatic rings. The summed E-state index contributed by atoms with van der Waals surface area (Å²) >= 11 is 12.6. The monoisotopic (exact) mass is 404 g/mol. The Morgan fingerprint density at radius 1 is 0.786 bits per heavy atom. The lowest BCUT2D eigenvalue weighted by molar-refractivity contribution is 1.08. The Bertz CT molecular complexity index is 1360. The summed E-state index contributed by atoms with van der Waals surface area (Å²) in [6.07, 6.45) is 0. The molecule has 0 atom stereocenters. The zero-order chi connectivity index (χ0) is 19.3. The minimum absolute atomic E-state index is 0.574. The van der Waals surface area contributed by atoms with E-state index in [-0.39, 0.29) is 0 Å². The molecule has 28 heavy (non-hydrogen) atoms. The molecule has 2 aromatic heterocycles. The number of imidazole rings is 1. The van der Waals surface area contributed by atoms with Crippen LogP contribution in [0.3, 0.4) is 0 Å².